The zero-order chi connectivity index (χ0) is 23.8. The lowest BCUT2D eigenvalue weighted by molar-refractivity contribution is 0.0751. The number of fused-ring (bicyclic) bond motifs is 1. The highest BCUT2D eigenvalue weighted by Crippen LogP contribution is 2.37. The van der Waals surface area contributed by atoms with Crippen molar-refractivity contribution in [2.75, 3.05) is 36.4 Å². The van der Waals surface area contributed by atoms with Gasteiger partial charge in [-0.3, -0.25) is 9.59 Å². The van der Waals surface area contributed by atoms with Crippen LogP contribution in [-0.4, -0.2) is 42.9 Å². The number of amides is 2. The van der Waals surface area contributed by atoms with Crippen molar-refractivity contribution in [1.82, 2.24) is 4.90 Å². The third kappa shape index (κ3) is 4.63. The van der Waals surface area contributed by atoms with Crippen molar-refractivity contribution >= 4 is 90.8 Å². The quantitative estimate of drug-likeness (QED) is 0.294. The smallest absolute Gasteiger partial charge is 0.267 e. The van der Waals surface area contributed by atoms with E-state index in [1.807, 2.05) is 40.6 Å². The molecule has 0 atom stereocenters. The average Bonchev–Trinajstić information content (AvgIpc) is 3.47. The Kier molecular flexibility index (Phi) is 6.73. The van der Waals surface area contributed by atoms with Gasteiger partial charge in [0.25, 0.3) is 11.8 Å². The van der Waals surface area contributed by atoms with Gasteiger partial charge in [-0.05, 0) is 41.8 Å². The summed E-state index contributed by atoms with van der Waals surface area (Å²) in [5.41, 5.74) is 1.45. The van der Waals surface area contributed by atoms with Crippen LogP contribution < -0.4 is 10.2 Å². The third-order valence-corrected chi connectivity index (χ3v) is 8.69. The maximum atomic E-state index is 12.9. The second-order valence-electron chi connectivity index (χ2n) is 7.76. The van der Waals surface area contributed by atoms with Crippen LogP contribution >= 0.6 is 57.5 Å². The molecule has 2 amide bonds. The number of hydrogen-bond donors (Lipinski definition) is 1. The Morgan fingerprint density at radius 3 is 2.44 bits per heavy atom. The summed E-state index contributed by atoms with van der Waals surface area (Å²) < 4.78 is 0.854. The summed E-state index contributed by atoms with van der Waals surface area (Å²) in [5.74, 6) is -0.229. The first-order valence-electron chi connectivity index (χ1n) is 10.5. The fraction of sp³-hybridized carbons (Fsp3) is 0.167. The highest BCUT2D eigenvalue weighted by molar-refractivity contribution is 7.21. The van der Waals surface area contributed by atoms with Crippen LogP contribution in [0.5, 0.6) is 0 Å². The summed E-state index contributed by atoms with van der Waals surface area (Å²) in [7, 11) is 0. The first-order valence-corrected chi connectivity index (χ1v) is 13.3. The van der Waals surface area contributed by atoms with E-state index < -0.39 is 0 Å². The van der Waals surface area contributed by atoms with Crippen LogP contribution in [0.25, 0.3) is 10.1 Å². The molecule has 1 saturated heterocycles. The highest BCUT2D eigenvalue weighted by Gasteiger charge is 2.24. The number of anilines is 2. The number of thiophene rings is 2. The van der Waals surface area contributed by atoms with Crippen LogP contribution in [0.2, 0.25) is 15.1 Å². The van der Waals surface area contributed by atoms with Crippen LogP contribution in [-0.2, 0) is 0 Å². The van der Waals surface area contributed by atoms with Gasteiger partial charge in [0, 0.05) is 47.0 Å². The summed E-state index contributed by atoms with van der Waals surface area (Å²) in [6.07, 6.45) is 0. The van der Waals surface area contributed by atoms with E-state index in [0.717, 1.165) is 20.7 Å². The van der Waals surface area contributed by atoms with Crippen LogP contribution in [0.4, 0.5) is 11.4 Å². The Morgan fingerprint density at radius 1 is 0.941 bits per heavy atom. The fourth-order valence-corrected chi connectivity index (χ4v) is 6.60. The molecule has 1 fully saturated rings. The topological polar surface area (TPSA) is 52.7 Å². The molecule has 3 heterocycles. The molecule has 0 spiro atoms. The number of carbonyl (C=O) groups is 2. The second kappa shape index (κ2) is 9.76. The van der Waals surface area contributed by atoms with Crippen molar-refractivity contribution in [3.63, 3.8) is 0 Å². The lowest BCUT2D eigenvalue weighted by atomic mass is 10.2. The zero-order valence-corrected chi connectivity index (χ0v) is 21.6. The Hall–Kier alpha value is -2.29. The van der Waals surface area contributed by atoms with Gasteiger partial charge < -0.3 is 15.1 Å². The standard InChI is InChI=1S/C24H18Cl3N3O2S2/c25-14-3-5-16-20(12-14)34-22(21(16)27)23(31)28-15-4-6-18(17(26)13-15)29-7-9-30(10-8-29)24(32)19-2-1-11-33-19/h1-6,11-13H,7-10H2,(H,28,31). The Morgan fingerprint density at radius 2 is 1.74 bits per heavy atom. The summed E-state index contributed by atoms with van der Waals surface area (Å²) in [4.78, 5) is 30.6. The molecule has 1 aliphatic rings. The molecule has 2 aromatic heterocycles. The van der Waals surface area contributed by atoms with E-state index in [0.29, 0.717) is 51.8 Å². The monoisotopic (exact) mass is 549 g/mol. The van der Waals surface area contributed by atoms with Crippen molar-refractivity contribution in [2.24, 2.45) is 0 Å². The summed E-state index contributed by atoms with van der Waals surface area (Å²) in [5, 5.41) is 7.13. The minimum absolute atomic E-state index is 0.0703. The molecule has 34 heavy (non-hydrogen) atoms. The van der Waals surface area contributed by atoms with Gasteiger partial charge in [0.1, 0.15) is 4.88 Å². The Labute approximate surface area is 219 Å². The molecule has 5 nitrogen and oxygen atoms in total. The van der Waals surface area contributed by atoms with Crippen LogP contribution in [0.15, 0.2) is 53.9 Å². The van der Waals surface area contributed by atoms with E-state index in [1.165, 1.54) is 22.7 Å². The number of nitrogens with zero attached hydrogens (tertiary/aromatic N) is 2. The Bertz CT molecular complexity index is 1380. The first-order chi connectivity index (χ1) is 16.4. The predicted molar refractivity (Wildman–Crippen MR) is 144 cm³/mol. The van der Waals surface area contributed by atoms with Gasteiger partial charge in [-0.25, -0.2) is 0 Å². The van der Waals surface area contributed by atoms with Crippen molar-refractivity contribution in [2.45, 2.75) is 0 Å². The largest absolute Gasteiger partial charge is 0.367 e. The molecule has 1 aliphatic heterocycles. The van der Waals surface area contributed by atoms with Gasteiger partial charge >= 0.3 is 0 Å². The molecule has 0 radical (unpaired) electrons. The molecule has 10 heteroatoms. The van der Waals surface area contributed by atoms with E-state index in [9.17, 15) is 9.59 Å². The minimum Gasteiger partial charge on any atom is -0.367 e. The SMILES string of the molecule is O=C(Nc1ccc(N2CCN(C(=O)c3cccs3)CC2)c(Cl)c1)c1sc2cc(Cl)ccc2c1Cl. The summed E-state index contributed by atoms with van der Waals surface area (Å²) in [6, 6.07) is 14.5. The number of carbonyl (C=O) groups excluding carboxylic acids is 2. The van der Waals surface area contributed by atoms with Crippen molar-refractivity contribution < 1.29 is 9.59 Å². The zero-order valence-electron chi connectivity index (χ0n) is 17.7. The van der Waals surface area contributed by atoms with Gasteiger partial charge in [0.2, 0.25) is 0 Å². The van der Waals surface area contributed by atoms with Gasteiger partial charge in [0.15, 0.2) is 0 Å². The van der Waals surface area contributed by atoms with Gasteiger partial charge in [-0.2, -0.15) is 0 Å². The second-order valence-corrected chi connectivity index (χ2v) is 11.0. The Balaban J connectivity index is 1.26. The van der Waals surface area contributed by atoms with E-state index >= 15 is 0 Å². The summed E-state index contributed by atoms with van der Waals surface area (Å²) >= 11 is 21.8. The molecular formula is C24H18Cl3N3O2S2. The molecule has 1 N–H and O–H groups in total. The average molecular weight is 551 g/mol. The van der Waals surface area contributed by atoms with Gasteiger partial charge in [-0.1, -0.05) is 46.9 Å². The van der Waals surface area contributed by atoms with E-state index in [-0.39, 0.29) is 11.8 Å². The lowest BCUT2D eigenvalue weighted by Crippen LogP contribution is -2.48. The van der Waals surface area contributed by atoms with Crippen molar-refractivity contribution in [3.8, 4) is 0 Å². The molecule has 0 bridgehead atoms. The number of benzene rings is 2. The lowest BCUT2D eigenvalue weighted by Gasteiger charge is -2.36. The molecule has 5 rings (SSSR count). The highest BCUT2D eigenvalue weighted by atomic mass is 35.5. The first kappa shape index (κ1) is 23.5. The molecular weight excluding hydrogens is 533 g/mol. The maximum Gasteiger partial charge on any atom is 0.267 e. The van der Waals surface area contributed by atoms with Crippen LogP contribution in [0, 0.1) is 0 Å². The minimum atomic E-state index is -0.299. The van der Waals surface area contributed by atoms with E-state index in [4.69, 9.17) is 34.8 Å². The molecule has 4 aromatic rings. The van der Waals surface area contributed by atoms with Gasteiger partial charge in [-0.15, -0.1) is 22.7 Å². The molecule has 0 aliphatic carbocycles. The van der Waals surface area contributed by atoms with Crippen molar-refractivity contribution in [1.29, 1.82) is 0 Å². The molecule has 0 saturated carbocycles. The molecule has 2 aromatic carbocycles. The fourth-order valence-electron chi connectivity index (χ4n) is 3.92. The number of piperazine rings is 1. The normalized spacial score (nSPS) is 14.0. The number of hydrogen-bond acceptors (Lipinski definition) is 5. The van der Waals surface area contributed by atoms with Crippen LogP contribution in [0.3, 0.4) is 0 Å². The number of nitrogens with one attached hydrogen (secondary N) is 1. The van der Waals surface area contributed by atoms with E-state index in [2.05, 4.69) is 10.2 Å². The number of rotatable bonds is 4. The number of halogens is 3. The van der Waals surface area contributed by atoms with Gasteiger partial charge in [0.05, 0.1) is 20.6 Å². The molecule has 0 unspecified atom stereocenters. The third-order valence-electron chi connectivity index (χ3n) is 5.64. The van der Waals surface area contributed by atoms with Crippen LogP contribution in [0.1, 0.15) is 19.3 Å². The van der Waals surface area contributed by atoms with E-state index in [1.54, 1.807) is 18.2 Å². The molecule has 174 valence electrons. The van der Waals surface area contributed by atoms with Crippen molar-refractivity contribution in [3.05, 3.63) is 78.7 Å². The maximum absolute atomic E-state index is 12.9. The predicted octanol–water partition coefficient (Wildman–Crippen LogP) is 7.14. The summed E-state index contributed by atoms with van der Waals surface area (Å²) in [6.45, 7) is 2.62.